The fourth-order valence-electron chi connectivity index (χ4n) is 1.67. The van der Waals surface area contributed by atoms with Crippen molar-refractivity contribution in [1.82, 2.24) is 5.32 Å². The molecule has 1 nitrogen and oxygen atoms in total. The van der Waals surface area contributed by atoms with E-state index in [1.165, 1.54) is 12.1 Å². The van der Waals surface area contributed by atoms with Crippen LogP contribution in [0, 0.1) is 5.82 Å². The van der Waals surface area contributed by atoms with Crippen molar-refractivity contribution in [1.29, 1.82) is 0 Å². The molecule has 1 aromatic rings. The normalized spacial score (nSPS) is 14.5. The van der Waals surface area contributed by atoms with Crippen LogP contribution in [-0.2, 0) is 0 Å². The Morgan fingerprint density at radius 1 is 1.39 bits per heavy atom. The molecule has 0 saturated carbocycles. The Morgan fingerprint density at radius 3 is 2.72 bits per heavy atom. The predicted octanol–water partition coefficient (Wildman–Crippen LogP) is 4.66. The molecule has 0 radical (unpaired) electrons. The van der Waals surface area contributed by atoms with Crippen LogP contribution < -0.4 is 5.32 Å². The third-order valence-electron chi connectivity index (χ3n) is 2.91. The number of rotatable bonds is 7. The molecule has 0 aliphatic rings. The predicted molar refractivity (Wildman–Crippen MR) is 80.0 cm³/mol. The first-order chi connectivity index (χ1) is 8.58. The van der Waals surface area contributed by atoms with Gasteiger partial charge in [-0.1, -0.05) is 32.4 Å². The Morgan fingerprint density at radius 2 is 2.11 bits per heavy atom. The highest BCUT2D eigenvalue weighted by Gasteiger charge is 2.15. The molecule has 0 fully saturated rings. The molecule has 1 N–H and O–H groups in total. The molecule has 0 amide bonds. The smallest absolute Gasteiger partial charge is 0.123 e. The zero-order valence-electron chi connectivity index (χ0n) is 11.2. The van der Waals surface area contributed by atoms with Gasteiger partial charge in [0.25, 0.3) is 0 Å². The molecule has 0 heterocycles. The van der Waals surface area contributed by atoms with Gasteiger partial charge in [-0.2, -0.15) is 11.8 Å². The van der Waals surface area contributed by atoms with E-state index in [-0.39, 0.29) is 11.9 Å². The fraction of sp³-hybridized carbons (Fsp3) is 0.571. The minimum atomic E-state index is -0.231. The first-order valence-corrected chi connectivity index (χ1v) is 7.81. The van der Waals surface area contributed by atoms with Crippen LogP contribution in [0.5, 0.6) is 0 Å². The summed E-state index contributed by atoms with van der Waals surface area (Å²) in [5, 5.41) is 4.62. The van der Waals surface area contributed by atoms with Crippen LogP contribution in [0.15, 0.2) is 18.2 Å². The molecular weight excluding hydrogens is 269 g/mol. The Labute approximate surface area is 118 Å². The van der Waals surface area contributed by atoms with Crippen LogP contribution in [0.4, 0.5) is 4.39 Å². The number of nitrogens with one attached hydrogen (secondary N) is 1. The Bertz CT molecular complexity index is 373. The average Bonchev–Trinajstić information content (AvgIpc) is 2.37. The van der Waals surface area contributed by atoms with Crippen LogP contribution >= 0.6 is 23.4 Å². The Balaban J connectivity index is 2.79. The van der Waals surface area contributed by atoms with E-state index in [1.807, 2.05) is 18.7 Å². The van der Waals surface area contributed by atoms with Crippen molar-refractivity contribution in [2.24, 2.45) is 0 Å². The number of hydrogen-bond acceptors (Lipinski definition) is 2. The summed E-state index contributed by atoms with van der Waals surface area (Å²) in [4.78, 5) is 0. The number of thioether (sulfide) groups is 1. The van der Waals surface area contributed by atoms with Crippen molar-refractivity contribution >= 4 is 23.4 Å². The second kappa shape index (κ2) is 8.03. The summed E-state index contributed by atoms with van der Waals surface area (Å²) in [6.07, 6.45) is 1.14. The summed E-state index contributed by atoms with van der Waals surface area (Å²) < 4.78 is 13.3. The van der Waals surface area contributed by atoms with Crippen molar-refractivity contribution in [3.63, 3.8) is 0 Å². The maximum absolute atomic E-state index is 13.3. The van der Waals surface area contributed by atoms with Gasteiger partial charge in [0, 0.05) is 22.1 Å². The van der Waals surface area contributed by atoms with Crippen LogP contribution in [0.1, 0.15) is 38.8 Å². The van der Waals surface area contributed by atoms with E-state index in [9.17, 15) is 4.39 Å². The Hall–Kier alpha value is -0.250. The molecule has 0 bridgehead atoms. The molecular formula is C14H21ClFNS. The zero-order chi connectivity index (χ0) is 13.5. The van der Waals surface area contributed by atoms with Gasteiger partial charge < -0.3 is 5.32 Å². The topological polar surface area (TPSA) is 12.0 Å². The highest BCUT2D eigenvalue weighted by Crippen LogP contribution is 2.28. The lowest BCUT2D eigenvalue weighted by molar-refractivity contribution is 0.588. The number of halogens is 2. The summed E-state index contributed by atoms with van der Waals surface area (Å²) in [5.41, 5.74) is 0.856. The maximum atomic E-state index is 13.3. The third kappa shape index (κ3) is 4.79. The molecule has 0 aliphatic carbocycles. The number of hydrogen-bond donors (Lipinski definition) is 1. The summed E-state index contributed by atoms with van der Waals surface area (Å²) in [6.45, 7) is 7.28. The standard InChI is InChI=1S/C14H21ClFNS/c1-4-10(3)18-9-14(17-5-2)12-8-11(16)6-7-13(12)15/h6-8,10,14,17H,4-5,9H2,1-3H3. The SMILES string of the molecule is CCNC(CSC(C)CC)c1cc(F)ccc1Cl. The van der Waals surface area contributed by atoms with Crippen LogP contribution in [0.25, 0.3) is 0 Å². The maximum Gasteiger partial charge on any atom is 0.123 e. The molecule has 102 valence electrons. The number of benzene rings is 1. The lowest BCUT2D eigenvalue weighted by Crippen LogP contribution is -2.24. The van der Waals surface area contributed by atoms with E-state index >= 15 is 0 Å². The van der Waals surface area contributed by atoms with Gasteiger partial charge in [0.05, 0.1) is 0 Å². The van der Waals surface area contributed by atoms with Crippen molar-refractivity contribution in [3.05, 3.63) is 34.6 Å². The molecule has 0 aliphatic heterocycles. The van der Waals surface area contributed by atoms with Gasteiger partial charge in [0.2, 0.25) is 0 Å². The first kappa shape index (κ1) is 15.8. The molecule has 4 heteroatoms. The van der Waals surface area contributed by atoms with Crippen LogP contribution in [0.2, 0.25) is 5.02 Å². The van der Waals surface area contributed by atoms with Gasteiger partial charge in [-0.3, -0.25) is 0 Å². The van der Waals surface area contributed by atoms with Crippen molar-refractivity contribution in [3.8, 4) is 0 Å². The summed E-state index contributed by atoms with van der Waals surface area (Å²) in [7, 11) is 0. The molecule has 2 atom stereocenters. The first-order valence-electron chi connectivity index (χ1n) is 6.38. The van der Waals surface area contributed by atoms with Gasteiger partial charge in [0.15, 0.2) is 0 Å². The fourth-order valence-corrected chi connectivity index (χ4v) is 2.97. The van der Waals surface area contributed by atoms with E-state index in [4.69, 9.17) is 11.6 Å². The van der Waals surface area contributed by atoms with Crippen LogP contribution in [0.3, 0.4) is 0 Å². The molecule has 1 rings (SSSR count). The van der Waals surface area contributed by atoms with Gasteiger partial charge in [-0.15, -0.1) is 0 Å². The Kier molecular flexibility index (Phi) is 7.05. The van der Waals surface area contributed by atoms with Crippen molar-refractivity contribution in [2.45, 2.75) is 38.5 Å². The largest absolute Gasteiger partial charge is 0.309 e. The van der Waals surface area contributed by atoms with Crippen molar-refractivity contribution in [2.75, 3.05) is 12.3 Å². The summed E-state index contributed by atoms with van der Waals surface area (Å²) in [5.74, 6) is 0.678. The van der Waals surface area contributed by atoms with Gasteiger partial charge in [-0.25, -0.2) is 4.39 Å². The van der Waals surface area contributed by atoms with E-state index in [2.05, 4.69) is 19.2 Å². The zero-order valence-corrected chi connectivity index (χ0v) is 12.7. The monoisotopic (exact) mass is 289 g/mol. The molecule has 18 heavy (non-hydrogen) atoms. The summed E-state index contributed by atoms with van der Waals surface area (Å²) in [6, 6.07) is 4.67. The van der Waals surface area contributed by atoms with Gasteiger partial charge in [0.1, 0.15) is 5.82 Å². The van der Waals surface area contributed by atoms with E-state index in [0.717, 1.165) is 24.3 Å². The minimum Gasteiger partial charge on any atom is -0.309 e. The molecule has 0 saturated heterocycles. The second-order valence-electron chi connectivity index (χ2n) is 4.33. The van der Waals surface area contributed by atoms with Gasteiger partial charge >= 0.3 is 0 Å². The van der Waals surface area contributed by atoms with Crippen LogP contribution in [-0.4, -0.2) is 17.5 Å². The lowest BCUT2D eigenvalue weighted by Gasteiger charge is -2.21. The quantitative estimate of drug-likeness (QED) is 0.783. The highest BCUT2D eigenvalue weighted by molar-refractivity contribution is 7.99. The van der Waals surface area contributed by atoms with Gasteiger partial charge in [-0.05, 0) is 36.7 Å². The average molecular weight is 290 g/mol. The minimum absolute atomic E-state index is 0.109. The summed E-state index contributed by atoms with van der Waals surface area (Å²) >= 11 is 8.05. The molecule has 1 aromatic carbocycles. The molecule has 0 aromatic heterocycles. The van der Waals surface area contributed by atoms with Crippen molar-refractivity contribution < 1.29 is 4.39 Å². The van der Waals surface area contributed by atoms with E-state index in [0.29, 0.717) is 10.3 Å². The third-order valence-corrected chi connectivity index (χ3v) is 4.68. The highest BCUT2D eigenvalue weighted by atomic mass is 35.5. The van der Waals surface area contributed by atoms with E-state index in [1.54, 1.807) is 6.07 Å². The second-order valence-corrected chi connectivity index (χ2v) is 6.21. The molecule has 2 unspecified atom stereocenters. The molecule has 0 spiro atoms. The lowest BCUT2D eigenvalue weighted by atomic mass is 10.1. The van der Waals surface area contributed by atoms with E-state index < -0.39 is 0 Å².